The van der Waals surface area contributed by atoms with Crippen LogP contribution in [0.2, 0.25) is 0 Å². The highest BCUT2D eigenvalue weighted by atomic mass is 32.2. The van der Waals surface area contributed by atoms with E-state index in [0.717, 1.165) is 16.5 Å². The largest absolute Gasteiger partial charge is 0.462 e. The molecule has 3 rings (SSSR count). The molecular weight excluding hydrogens is 420 g/mol. The van der Waals surface area contributed by atoms with E-state index in [0.29, 0.717) is 27.0 Å². The number of fused-ring (bicyclic) bond motifs is 1. The van der Waals surface area contributed by atoms with Crippen molar-refractivity contribution in [1.29, 1.82) is 0 Å². The number of sulfone groups is 1. The van der Waals surface area contributed by atoms with Gasteiger partial charge < -0.3 is 10.1 Å². The van der Waals surface area contributed by atoms with E-state index in [2.05, 4.69) is 10.3 Å². The van der Waals surface area contributed by atoms with E-state index >= 15 is 0 Å². The third-order valence-electron chi connectivity index (χ3n) is 3.90. The van der Waals surface area contributed by atoms with Gasteiger partial charge in [-0.3, -0.25) is 4.79 Å². The Labute approximate surface area is 170 Å². The number of nitrogens with one attached hydrogen (secondary N) is 1. The number of nitrogens with zero attached hydrogens (tertiary/aromatic N) is 1. The SMILES string of the molecule is CCOC(=O)c1sc2nc(NC(=O)Cc3ccc(S(C)(=O)=O)cc3)sc2c1C. The maximum atomic E-state index is 12.3. The molecule has 10 heteroatoms. The number of hydrogen-bond acceptors (Lipinski definition) is 8. The van der Waals surface area contributed by atoms with Crippen molar-refractivity contribution in [2.45, 2.75) is 25.2 Å². The second-order valence-corrected chi connectivity index (χ2v) is 10.1. The van der Waals surface area contributed by atoms with Gasteiger partial charge in [-0.05, 0) is 37.1 Å². The Kier molecular flexibility index (Phi) is 5.82. The van der Waals surface area contributed by atoms with Crippen LogP contribution >= 0.6 is 22.7 Å². The minimum atomic E-state index is -3.26. The first-order chi connectivity index (χ1) is 13.2. The van der Waals surface area contributed by atoms with Crippen LogP contribution in [0.1, 0.15) is 27.7 Å². The predicted octanol–water partition coefficient (Wildman–Crippen LogP) is 3.43. The van der Waals surface area contributed by atoms with E-state index in [9.17, 15) is 18.0 Å². The van der Waals surface area contributed by atoms with Crippen LogP contribution in [0.15, 0.2) is 29.2 Å². The van der Waals surface area contributed by atoms with Gasteiger partial charge in [-0.2, -0.15) is 0 Å². The van der Waals surface area contributed by atoms with Gasteiger partial charge in [-0.15, -0.1) is 11.3 Å². The molecule has 2 heterocycles. The molecule has 0 saturated carbocycles. The van der Waals surface area contributed by atoms with Crippen molar-refractivity contribution in [2.24, 2.45) is 0 Å². The molecular formula is C18H18N2O5S3. The van der Waals surface area contributed by atoms with Crippen LogP contribution in [-0.2, 0) is 25.8 Å². The minimum Gasteiger partial charge on any atom is -0.462 e. The van der Waals surface area contributed by atoms with Crippen LogP contribution in [-0.4, -0.2) is 38.1 Å². The standard InChI is InChI=1S/C18H18N2O5S3/c1-4-25-17(22)15-10(2)14-16(26-15)20-18(27-14)19-13(21)9-11-5-7-12(8-6-11)28(3,23)24/h5-8H,4,9H2,1-3H3,(H,19,20,21). The van der Waals surface area contributed by atoms with E-state index in [-0.39, 0.29) is 23.2 Å². The quantitative estimate of drug-likeness (QED) is 0.592. The number of benzene rings is 1. The molecule has 0 atom stereocenters. The van der Waals surface area contributed by atoms with Gasteiger partial charge in [0.15, 0.2) is 15.0 Å². The van der Waals surface area contributed by atoms with Crippen molar-refractivity contribution in [3.8, 4) is 0 Å². The van der Waals surface area contributed by atoms with Gasteiger partial charge >= 0.3 is 5.97 Å². The fraction of sp³-hybridized carbons (Fsp3) is 0.278. The van der Waals surface area contributed by atoms with Gasteiger partial charge in [0.25, 0.3) is 0 Å². The summed E-state index contributed by atoms with van der Waals surface area (Å²) in [5.41, 5.74) is 1.50. The average molecular weight is 439 g/mol. The van der Waals surface area contributed by atoms with Crippen LogP contribution in [0.3, 0.4) is 0 Å². The summed E-state index contributed by atoms with van der Waals surface area (Å²) in [6.45, 7) is 3.89. The summed E-state index contributed by atoms with van der Waals surface area (Å²) in [4.78, 5) is 30.0. The fourth-order valence-electron chi connectivity index (χ4n) is 2.54. The molecule has 0 fully saturated rings. The zero-order chi connectivity index (χ0) is 20.5. The van der Waals surface area contributed by atoms with Crippen molar-refractivity contribution in [1.82, 2.24) is 4.98 Å². The number of amides is 1. The highest BCUT2D eigenvalue weighted by Gasteiger charge is 2.20. The molecule has 3 aromatic rings. The monoisotopic (exact) mass is 438 g/mol. The van der Waals surface area contributed by atoms with E-state index in [1.165, 1.54) is 34.8 Å². The number of anilines is 1. The molecule has 7 nitrogen and oxygen atoms in total. The maximum absolute atomic E-state index is 12.3. The van der Waals surface area contributed by atoms with Crippen molar-refractivity contribution in [3.05, 3.63) is 40.3 Å². The molecule has 0 aliphatic carbocycles. The third kappa shape index (κ3) is 4.40. The molecule has 2 aromatic heterocycles. The zero-order valence-electron chi connectivity index (χ0n) is 15.4. The minimum absolute atomic E-state index is 0.102. The number of ether oxygens (including phenoxy) is 1. The van der Waals surface area contributed by atoms with Crippen molar-refractivity contribution >= 4 is 59.0 Å². The molecule has 28 heavy (non-hydrogen) atoms. The third-order valence-corrected chi connectivity index (χ3v) is 7.41. The fourth-order valence-corrected chi connectivity index (χ4v) is 5.40. The summed E-state index contributed by atoms with van der Waals surface area (Å²) in [6, 6.07) is 6.20. The Balaban J connectivity index is 1.70. The molecule has 1 aromatic carbocycles. The number of thiazole rings is 1. The summed E-state index contributed by atoms with van der Waals surface area (Å²) in [5, 5.41) is 3.21. The number of esters is 1. The Morgan fingerprint density at radius 2 is 1.86 bits per heavy atom. The number of hydrogen-bond donors (Lipinski definition) is 1. The van der Waals surface area contributed by atoms with Crippen molar-refractivity contribution in [3.63, 3.8) is 0 Å². The van der Waals surface area contributed by atoms with Gasteiger partial charge in [-0.25, -0.2) is 18.2 Å². The molecule has 0 aliphatic rings. The Morgan fingerprint density at radius 1 is 1.18 bits per heavy atom. The summed E-state index contributed by atoms with van der Waals surface area (Å²) >= 11 is 2.55. The lowest BCUT2D eigenvalue weighted by Crippen LogP contribution is -2.14. The molecule has 0 saturated heterocycles. The van der Waals surface area contributed by atoms with Crippen LogP contribution in [0, 0.1) is 6.92 Å². The summed E-state index contributed by atoms with van der Waals surface area (Å²) < 4.78 is 28.9. The van der Waals surface area contributed by atoms with Crippen LogP contribution in [0.4, 0.5) is 5.13 Å². The Bertz CT molecular complexity index is 1140. The lowest BCUT2D eigenvalue weighted by Gasteiger charge is -2.03. The highest BCUT2D eigenvalue weighted by Crippen LogP contribution is 2.37. The van der Waals surface area contributed by atoms with Crippen LogP contribution < -0.4 is 5.32 Å². The van der Waals surface area contributed by atoms with E-state index in [1.54, 1.807) is 19.1 Å². The molecule has 0 bridgehead atoms. The Hall–Kier alpha value is -2.30. The van der Waals surface area contributed by atoms with E-state index in [1.807, 2.05) is 6.92 Å². The first-order valence-corrected chi connectivity index (χ1v) is 11.9. The number of aryl methyl sites for hydroxylation is 1. The molecule has 0 radical (unpaired) electrons. The van der Waals surface area contributed by atoms with E-state index in [4.69, 9.17) is 4.74 Å². The molecule has 0 spiro atoms. The van der Waals surface area contributed by atoms with Crippen molar-refractivity contribution < 1.29 is 22.7 Å². The van der Waals surface area contributed by atoms with Crippen molar-refractivity contribution in [2.75, 3.05) is 18.2 Å². The van der Waals surface area contributed by atoms with Gasteiger partial charge in [0.2, 0.25) is 5.91 Å². The Morgan fingerprint density at radius 3 is 2.43 bits per heavy atom. The highest BCUT2D eigenvalue weighted by molar-refractivity contribution is 7.90. The van der Waals surface area contributed by atoms with Crippen LogP contribution in [0.25, 0.3) is 9.53 Å². The molecule has 0 unspecified atom stereocenters. The van der Waals surface area contributed by atoms with E-state index < -0.39 is 9.84 Å². The normalized spacial score (nSPS) is 11.5. The summed E-state index contributed by atoms with van der Waals surface area (Å²) in [7, 11) is -3.26. The lowest BCUT2D eigenvalue weighted by atomic mass is 10.1. The summed E-state index contributed by atoms with van der Waals surface area (Å²) in [6.07, 6.45) is 1.24. The first kappa shape index (κ1) is 20.4. The second-order valence-electron chi connectivity index (χ2n) is 6.07. The van der Waals surface area contributed by atoms with Crippen LogP contribution in [0.5, 0.6) is 0 Å². The molecule has 1 amide bonds. The van der Waals surface area contributed by atoms with Gasteiger partial charge in [0.05, 0.1) is 22.6 Å². The number of thiophene rings is 1. The molecule has 148 valence electrons. The smallest absolute Gasteiger partial charge is 0.348 e. The topological polar surface area (TPSA) is 102 Å². The number of rotatable bonds is 6. The lowest BCUT2D eigenvalue weighted by molar-refractivity contribution is -0.115. The molecule has 1 N–H and O–H groups in total. The summed E-state index contributed by atoms with van der Waals surface area (Å²) in [5.74, 6) is -0.616. The number of carbonyl (C=O) groups excluding carboxylic acids is 2. The first-order valence-electron chi connectivity index (χ1n) is 8.35. The number of carbonyl (C=O) groups is 2. The predicted molar refractivity (Wildman–Crippen MR) is 110 cm³/mol. The average Bonchev–Trinajstić information content (AvgIpc) is 3.13. The molecule has 0 aliphatic heterocycles. The maximum Gasteiger partial charge on any atom is 0.348 e. The van der Waals surface area contributed by atoms with Gasteiger partial charge in [0.1, 0.15) is 9.71 Å². The van der Waals surface area contributed by atoms with Gasteiger partial charge in [0, 0.05) is 6.26 Å². The zero-order valence-corrected chi connectivity index (χ0v) is 17.9. The number of aromatic nitrogens is 1. The second kappa shape index (κ2) is 7.98. The van der Waals surface area contributed by atoms with Gasteiger partial charge in [-0.1, -0.05) is 23.5 Å².